The van der Waals surface area contributed by atoms with Crippen LogP contribution in [0.15, 0.2) is 0 Å². The molecule has 0 spiro atoms. The Bertz CT molecular complexity index is 132. The smallest absolute Gasteiger partial charge is 0.00111 e. The molecule has 2 fully saturated rings. The Morgan fingerprint density at radius 2 is 2.45 bits per heavy atom. The summed E-state index contributed by atoms with van der Waals surface area (Å²) in [5, 5.41) is 3.55. The van der Waals surface area contributed by atoms with E-state index in [1.54, 1.807) is 0 Å². The van der Waals surface area contributed by atoms with Gasteiger partial charge in [-0.15, -0.1) is 0 Å². The van der Waals surface area contributed by atoms with Crippen LogP contribution in [0.25, 0.3) is 0 Å². The summed E-state index contributed by atoms with van der Waals surface area (Å²) in [5.41, 5.74) is 0.745. The van der Waals surface area contributed by atoms with Gasteiger partial charge in [-0.1, -0.05) is 19.8 Å². The van der Waals surface area contributed by atoms with Gasteiger partial charge in [0.25, 0.3) is 0 Å². The van der Waals surface area contributed by atoms with Crippen molar-refractivity contribution in [3.05, 3.63) is 0 Å². The van der Waals surface area contributed by atoms with Crippen molar-refractivity contribution in [2.45, 2.75) is 39.0 Å². The van der Waals surface area contributed by atoms with E-state index in [4.69, 9.17) is 0 Å². The van der Waals surface area contributed by atoms with Crippen molar-refractivity contribution in [1.29, 1.82) is 0 Å². The Balaban J connectivity index is 2.07. The van der Waals surface area contributed by atoms with Crippen molar-refractivity contribution >= 4 is 0 Å². The monoisotopic (exact) mass is 153 g/mol. The lowest BCUT2D eigenvalue weighted by atomic mass is 9.77. The summed E-state index contributed by atoms with van der Waals surface area (Å²) in [7, 11) is 0. The van der Waals surface area contributed by atoms with Gasteiger partial charge in [0.05, 0.1) is 0 Å². The molecule has 0 bridgehead atoms. The molecule has 11 heavy (non-hydrogen) atoms. The molecule has 1 heteroatoms. The lowest BCUT2D eigenvalue weighted by Crippen LogP contribution is -2.24. The molecule has 2 unspecified atom stereocenters. The van der Waals surface area contributed by atoms with Gasteiger partial charge in [0.15, 0.2) is 0 Å². The molecular formula is C10H19N. The molecule has 2 aliphatic rings. The molecule has 0 amide bonds. The average molecular weight is 153 g/mol. The fourth-order valence-corrected chi connectivity index (χ4v) is 3.17. The molecule has 2 atom stereocenters. The highest BCUT2D eigenvalue weighted by Crippen LogP contribution is 2.48. The van der Waals surface area contributed by atoms with Crippen LogP contribution in [0.4, 0.5) is 0 Å². The van der Waals surface area contributed by atoms with E-state index in [1.165, 1.54) is 45.2 Å². The molecule has 0 radical (unpaired) electrons. The Morgan fingerprint density at radius 3 is 3.27 bits per heavy atom. The van der Waals surface area contributed by atoms with E-state index in [0.29, 0.717) is 0 Å². The predicted molar refractivity (Wildman–Crippen MR) is 47.6 cm³/mol. The Hall–Kier alpha value is -0.0400. The van der Waals surface area contributed by atoms with Gasteiger partial charge in [0.2, 0.25) is 0 Å². The Kier molecular flexibility index (Phi) is 1.92. The largest absolute Gasteiger partial charge is 0.316 e. The summed E-state index contributed by atoms with van der Waals surface area (Å²) >= 11 is 0. The second-order valence-corrected chi connectivity index (χ2v) is 4.33. The topological polar surface area (TPSA) is 12.0 Å². The van der Waals surface area contributed by atoms with E-state index in [2.05, 4.69) is 12.2 Å². The van der Waals surface area contributed by atoms with Gasteiger partial charge < -0.3 is 5.32 Å². The van der Waals surface area contributed by atoms with Crippen LogP contribution in [0.5, 0.6) is 0 Å². The number of fused-ring (bicyclic) bond motifs is 1. The number of nitrogens with one attached hydrogen (secondary N) is 1. The lowest BCUT2D eigenvalue weighted by Gasteiger charge is -2.27. The highest BCUT2D eigenvalue weighted by Gasteiger charge is 2.44. The van der Waals surface area contributed by atoms with Crippen LogP contribution < -0.4 is 5.32 Å². The fraction of sp³-hybridized carbons (Fsp3) is 1.00. The van der Waals surface area contributed by atoms with Gasteiger partial charge in [0, 0.05) is 6.54 Å². The van der Waals surface area contributed by atoms with Gasteiger partial charge in [-0.25, -0.2) is 0 Å². The van der Waals surface area contributed by atoms with Crippen LogP contribution in [-0.4, -0.2) is 13.1 Å². The summed E-state index contributed by atoms with van der Waals surface area (Å²) in [6.07, 6.45) is 7.32. The van der Waals surface area contributed by atoms with Crippen molar-refractivity contribution in [2.24, 2.45) is 11.3 Å². The van der Waals surface area contributed by atoms with Gasteiger partial charge >= 0.3 is 0 Å². The molecule has 0 aromatic heterocycles. The average Bonchev–Trinajstić information content (AvgIpc) is 2.45. The third kappa shape index (κ3) is 1.10. The van der Waals surface area contributed by atoms with E-state index < -0.39 is 0 Å². The Morgan fingerprint density at radius 1 is 1.55 bits per heavy atom. The minimum atomic E-state index is 0.745. The molecule has 1 aliphatic carbocycles. The second kappa shape index (κ2) is 2.78. The van der Waals surface area contributed by atoms with Crippen molar-refractivity contribution in [3.63, 3.8) is 0 Å². The van der Waals surface area contributed by atoms with Crippen LogP contribution in [0.3, 0.4) is 0 Å². The van der Waals surface area contributed by atoms with E-state index >= 15 is 0 Å². The standard InChI is InChI=1S/C10H19N/c1-2-5-10-6-3-4-9(10)7-11-8-10/h9,11H,2-8H2,1H3. The zero-order valence-corrected chi connectivity index (χ0v) is 7.53. The third-order valence-electron chi connectivity index (χ3n) is 3.71. The molecule has 2 rings (SSSR count). The van der Waals surface area contributed by atoms with E-state index in [-0.39, 0.29) is 0 Å². The van der Waals surface area contributed by atoms with Gasteiger partial charge in [-0.2, -0.15) is 0 Å². The molecule has 1 heterocycles. The maximum absolute atomic E-state index is 3.55. The second-order valence-electron chi connectivity index (χ2n) is 4.33. The molecule has 64 valence electrons. The van der Waals surface area contributed by atoms with Crippen LogP contribution in [-0.2, 0) is 0 Å². The minimum Gasteiger partial charge on any atom is -0.316 e. The zero-order chi connectivity index (χ0) is 7.73. The van der Waals surface area contributed by atoms with Crippen molar-refractivity contribution in [2.75, 3.05) is 13.1 Å². The van der Waals surface area contributed by atoms with Crippen LogP contribution in [0.1, 0.15) is 39.0 Å². The van der Waals surface area contributed by atoms with E-state index in [0.717, 1.165) is 11.3 Å². The van der Waals surface area contributed by atoms with Crippen molar-refractivity contribution in [3.8, 4) is 0 Å². The molecule has 0 aromatic carbocycles. The summed E-state index contributed by atoms with van der Waals surface area (Å²) in [6, 6.07) is 0. The number of rotatable bonds is 2. The molecule has 1 aliphatic heterocycles. The minimum absolute atomic E-state index is 0.745. The maximum Gasteiger partial charge on any atom is 0.00111 e. The van der Waals surface area contributed by atoms with Crippen LogP contribution in [0, 0.1) is 11.3 Å². The first-order valence-corrected chi connectivity index (χ1v) is 5.08. The maximum atomic E-state index is 3.55. The van der Waals surface area contributed by atoms with E-state index in [1.807, 2.05) is 0 Å². The van der Waals surface area contributed by atoms with E-state index in [9.17, 15) is 0 Å². The highest BCUT2D eigenvalue weighted by molar-refractivity contribution is 4.98. The first kappa shape index (κ1) is 7.60. The first-order chi connectivity index (χ1) is 5.37. The fourth-order valence-electron chi connectivity index (χ4n) is 3.17. The van der Waals surface area contributed by atoms with Gasteiger partial charge in [-0.05, 0) is 37.1 Å². The molecule has 1 saturated heterocycles. The normalized spacial score (nSPS) is 42.8. The van der Waals surface area contributed by atoms with Crippen molar-refractivity contribution in [1.82, 2.24) is 5.32 Å². The third-order valence-corrected chi connectivity index (χ3v) is 3.71. The molecule has 1 saturated carbocycles. The predicted octanol–water partition coefficient (Wildman–Crippen LogP) is 2.18. The van der Waals surface area contributed by atoms with Crippen LogP contribution >= 0.6 is 0 Å². The summed E-state index contributed by atoms with van der Waals surface area (Å²) in [5.74, 6) is 1.03. The first-order valence-electron chi connectivity index (χ1n) is 5.08. The van der Waals surface area contributed by atoms with Crippen molar-refractivity contribution < 1.29 is 0 Å². The molecular weight excluding hydrogens is 134 g/mol. The summed E-state index contributed by atoms with van der Waals surface area (Å²) in [4.78, 5) is 0. The number of hydrogen-bond acceptors (Lipinski definition) is 1. The van der Waals surface area contributed by atoms with Crippen LogP contribution in [0.2, 0.25) is 0 Å². The lowest BCUT2D eigenvalue weighted by molar-refractivity contribution is 0.244. The van der Waals surface area contributed by atoms with Gasteiger partial charge in [0.1, 0.15) is 0 Å². The molecule has 1 N–H and O–H groups in total. The van der Waals surface area contributed by atoms with Gasteiger partial charge in [-0.3, -0.25) is 0 Å². The quantitative estimate of drug-likeness (QED) is 0.641. The Labute approximate surface area is 69.6 Å². The summed E-state index contributed by atoms with van der Waals surface area (Å²) < 4.78 is 0. The molecule has 1 nitrogen and oxygen atoms in total. The number of hydrogen-bond donors (Lipinski definition) is 1. The SMILES string of the molecule is CCCC12CCCC1CNC2. The zero-order valence-electron chi connectivity index (χ0n) is 7.53. The highest BCUT2D eigenvalue weighted by atomic mass is 14.9. The molecule has 0 aromatic rings. The summed E-state index contributed by atoms with van der Waals surface area (Å²) in [6.45, 7) is 4.94.